The van der Waals surface area contributed by atoms with E-state index in [1.165, 1.54) is 12.0 Å². The lowest BCUT2D eigenvalue weighted by molar-refractivity contribution is 0.457. The third-order valence-corrected chi connectivity index (χ3v) is 2.84. The van der Waals surface area contributed by atoms with Crippen LogP contribution in [-0.4, -0.2) is 22.9 Å². The highest BCUT2D eigenvalue weighted by Gasteiger charge is 2.21. The van der Waals surface area contributed by atoms with E-state index in [0.717, 1.165) is 19.5 Å². The fourth-order valence-corrected chi connectivity index (χ4v) is 1.62. The summed E-state index contributed by atoms with van der Waals surface area (Å²) in [6.07, 6.45) is 6.44. The minimum atomic E-state index is 0.217. The maximum atomic E-state index is 4.22. The average molecular weight is 209 g/mol. The molecule has 0 atom stereocenters. The van der Waals surface area contributed by atoms with Crippen LogP contribution in [0.4, 0.5) is 0 Å². The van der Waals surface area contributed by atoms with Gasteiger partial charge in [0.25, 0.3) is 0 Å². The summed E-state index contributed by atoms with van der Waals surface area (Å²) in [6.45, 7) is 8.94. The van der Waals surface area contributed by atoms with E-state index in [4.69, 9.17) is 0 Å². The Bertz CT molecular complexity index is 289. The van der Waals surface area contributed by atoms with Gasteiger partial charge in [0.15, 0.2) is 0 Å². The summed E-state index contributed by atoms with van der Waals surface area (Å²) in [5.41, 5.74) is 1.54. The van der Waals surface area contributed by atoms with Crippen molar-refractivity contribution in [2.24, 2.45) is 7.05 Å². The third kappa shape index (κ3) is 3.67. The molecule has 0 aliphatic rings. The Balaban J connectivity index is 2.44. The smallest absolute Gasteiger partial charge is 0.0527 e. The number of hydrogen-bond donors (Lipinski definition) is 1. The minimum absolute atomic E-state index is 0.217. The number of hydrogen-bond acceptors (Lipinski definition) is 2. The number of nitrogens with one attached hydrogen (secondary N) is 1. The first-order valence-electron chi connectivity index (χ1n) is 5.76. The van der Waals surface area contributed by atoms with Gasteiger partial charge in [-0.3, -0.25) is 4.68 Å². The summed E-state index contributed by atoms with van der Waals surface area (Å²) < 4.78 is 1.87. The normalized spacial score (nSPS) is 12.0. The van der Waals surface area contributed by atoms with Gasteiger partial charge in [-0.2, -0.15) is 5.10 Å². The fourth-order valence-electron chi connectivity index (χ4n) is 1.62. The van der Waals surface area contributed by atoms with E-state index in [-0.39, 0.29) is 5.41 Å². The van der Waals surface area contributed by atoms with Gasteiger partial charge in [-0.1, -0.05) is 20.8 Å². The van der Waals surface area contributed by atoms with E-state index < -0.39 is 0 Å². The van der Waals surface area contributed by atoms with Crippen LogP contribution in [0, 0.1) is 0 Å². The molecule has 0 radical (unpaired) electrons. The van der Waals surface area contributed by atoms with E-state index in [0.29, 0.717) is 0 Å². The first-order valence-corrected chi connectivity index (χ1v) is 5.76. The summed E-state index contributed by atoms with van der Waals surface area (Å²) in [6, 6.07) is 0. The van der Waals surface area contributed by atoms with Crippen LogP contribution < -0.4 is 5.32 Å². The zero-order chi connectivity index (χ0) is 11.3. The number of aryl methyl sites for hydroxylation is 1. The Morgan fingerprint density at radius 3 is 2.67 bits per heavy atom. The molecule has 0 unspecified atom stereocenters. The van der Waals surface area contributed by atoms with E-state index in [1.54, 1.807) is 0 Å². The summed E-state index contributed by atoms with van der Waals surface area (Å²) in [5, 5.41) is 7.66. The molecule has 15 heavy (non-hydrogen) atoms. The van der Waals surface area contributed by atoms with Gasteiger partial charge in [0.2, 0.25) is 0 Å². The minimum Gasteiger partial charge on any atom is -0.317 e. The zero-order valence-corrected chi connectivity index (χ0v) is 10.4. The Morgan fingerprint density at radius 2 is 2.13 bits per heavy atom. The van der Waals surface area contributed by atoms with Crippen molar-refractivity contribution in [3.8, 4) is 0 Å². The summed E-state index contributed by atoms with van der Waals surface area (Å²) in [5.74, 6) is 0. The molecule has 3 nitrogen and oxygen atoms in total. The standard InChI is InChI=1S/C12H23N3/c1-5-7-13-8-6-12(2,3)11-9-14-15(4)10-11/h9-10,13H,5-8H2,1-4H3. The van der Waals surface area contributed by atoms with Crippen molar-refractivity contribution in [3.05, 3.63) is 18.0 Å². The molecule has 1 N–H and O–H groups in total. The second-order valence-electron chi connectivity index (χ2n) is 4.79. The van der Waals surface area contributed by atoms with E-state index in [1.807, 2.05) is 17.9 Å². The second-order valence-corrected chi connectivity index (χ2v) is 4.79. The van der Waals surface area contributed by atoms with Gasteiger partial charge >= 0.3 is 0 Å². The van der Waals surface area contributed by atoms with Gasteiger partial charge in [0.1, 0.15) is 0 Å². The van der Waals surface area contributed by atoms with Crippen molar-refractivity contribution in [3.63, 3.8) is 0 Å². The second kappa shape index (κ2) is 5.31. The molecule has 1 aromatic heterocycles. The van der Waals surface area contributed by atoms with E-state index >= 15 is 0 Å². The SMILES string of the molecule is CCCNCCC(C)(C)c1cnn(C)c1. The first-order chi connectivity index (χ1) is 7.06. The van der Waals surface area contributed by atoms with Gasteiger partial charge < -0.3 is 5.32 Å². The van der Waals surface area contributed by atoms with Gasteiger partial charge in [-0.05, 0) is 36.9 Å². The van der Waals surface area contributed by atoms with Crippen LogP contribution >= 0.6 is 0 Å². The van der Waals surface area contributed by atoms with Crippen molar-refractivity contribution < 1.29 is 0 Å². The van der Waals surface area contributed by atoms with Gasteiger partial charge in [0, 0.05) is 13.2 Å². The van der Waals surface area contributed by atoms with Gasteiger partial charge in [-0.25, -0.2) is 0 Å². The molecule has 0 saturated carbocycles. The molecule has 1 heterocycles. The van der Waals surface area contributed by atoms with Crippen LogP contribution in [0.5, 0.6) is 0 Å². The highest BCUT2D eigenvalue weighted by atomic mass is 15.2. The summed E-state index contributed by atoms with van der Waals surface area (Å²) in [4.78, 5) is 0. The predicted octanol–water partition coefficient (Wildman–Crippen LogP) is 2.09. The van der Waals surface area contributed by atoms with Crippen molar-refractivity contribution in [2.45, 2.75) is 39.0 Å². The highest BCUT2D eigenvalue weighted by Crippen LogP contribution is 2.25. The molecule has 0 amide bonds. The summed E-state index contributed by atoms with van der Waals surface area (Å²) >= 11 is 0. The maximum Gasteiger partial charge on any atom is 0.0527 e. The molecule has 0 aromatic carbocycles. The molecular weight excluding hydrogens is 186 g/mol. The Kier molecular flexibility index (Phi) is 4.33. The molecule has 1 aromatic rings. The van der Waals surface area contributed by atoms with Crippen molar-refractivity contribution in [2.75, 3.05) is 13.1 Å². The number of aromatic nitrogens is 2. The van der Waals surface area contributed by atoms with Crippen LogP contribution in [0.15, 0.2) is 12.4 Å². The van der Waals surface area contributed by atoms with Crippen molar-refractivity contribution in [1.29, 1.82) is 0 Å². The fraction of sp³-hybridized carbons (Fsp3) is 0.750. The van der Waals surface area contributed by atoms with E-state index in [2.05, 4.69) is 37.4 Å². The lowest BCUT2D eigenvalue weighted by Gasteiger charge is -2.23. The quantitative estimate of drug-likeness (QED) is 0.727. The molecular formula is C12H23N3. The van der Waals surface area contributed by atoms with Gasteiger partial charge in [-0.15, -0.1) is 0 Å². The molecule has 3 heteroatoms. The molecule has 0 saturated heterocycles. The van der Waals surface area contributed by atoms with E-state index in [9.17, 15) is 0 Å². The van der Waals surface area contributed by atoms with Crippen LogP contribution in [-0.2, 0) is 12.5 Å². The van der Waals surface area contributed by atoms with Crippen LogP contribution in [0.3, 0.4) is 0 Å². The first kappa shape index (κ1) is 12.2. The lowest BCUT2D eigenvalue weighted by atomic mass is 9.83. The van der Waals surface area contributed by atoms with Crippen molar-refractivity contribution in [1.82, 2.24) is 15.1 Å². The summed E-state index contributed by atoms with van der Waals surface area (Å²) in [7, 11) is 1.97. The maximum absolute atomic E-state index is 4.22. The largest absolute Gasteiger partial charge is 0.317 e. The number of rotatable bonds is 6. The third-order valence-electron chi connectivity index (χ3n) is 2.84. The average Bonchev–Trinajstić information content (AvgIpc) is 2.60. The molecule has 0 spiro atoms. The monoisotopic (exact) mass is 209 g/mol. The van der Waals surface area contributed by atoms with Crippen molar-refractivity contribution >= 4 is 0 Å². The highest BCUT2D eigenvalue weighted by molar-refractivity contribution is 5.16. The molecule has 1 rings (SSSR count). The molecule has 0 fully saturated rings. The van der Waals surface area contributed by atoms with Crippen LogP contribution in [0.25, 0.3) is 0 Å². The number of nitrogens with zero attached hydrogens (tertiary/aromatic N) is 2. The Hall–Kier alpha value is -0.830. The topological polar surface area (TPSA) is 29.9 Å². The lowest BCUT2D eigenvalue weighted by Crippen LogP contribution is -2.25. The molecule has 0 bridgehead atoms. The molecule has 0 aliphatic carbocycles. The zero-order valence-electron chi connectivity index (χ0n) is 10.4. The molecule has 0 aliphatic heterocycles. The van der Waals surface area contributed by atoms with Gasteiger partial charge in [0.05, 0.1) is 6.20 Å². The van der Waals surface area contributed by atoms with Crippen LogP contribution in [0.2, 0.25) is 0 Å². The molecule has 86 valence electrons. The Morgan fingerprint density at radius 1 is 1.40 bits per heavy atom. The van der Waals surface area contributed by atoms with Crippen LogP contribution in [0.1, 0.15) is 39.2 Å². The predicted molar refractivity (Wildman–Crippen MR) is 64.0 cm³/mol. The Labute approximate surface area is 92.9 Å².